The van der Waals surface area contributed by atoms with Crippen molar-refractivity contribution < 1.29 is 23.8 Å². The maximum Gasteiger partial charge on any atom is 0.347 e. The predicted molar refractivity (Wildman–Crippen MR) is 94.1 cm³/mol. The number of hydrogen-bond donors (Lipinski definition) is 0. The first-order chi connectivity index (χ1) is 12.0. The molecular formula is C20H22O5. The summed E-state index contributed by atoms with van der Waals surface area (Å²) in [5, 5.41) is 0. The number of para-hydroxylation sites is 1. The third-order valence-electron chi connectivity index (χ3n) is 3.23. The molecule has 0 aliphatic heterocycles. The molecule has 2 aromatic rings. The molecule has 0 atom stereocenters. The maximum atomic E-state index is 12.4. The molecule has 2 rings (SSSR count). The standard InChI is InChI=1S/C20H22O5/c1-4-23-18-11-6-5-10-17(18)20(22)25-16-9-7-8-15(12-16)19(21)24-13-14(2)3/h5-12,14H,4,13H2,1-3H3. The summed E-state index contributed by atoms with van der Waals surface area (Å²) in [6.45, 7) is 6.54. The van der Waals surface area contributed by atoms with E-state index < -0.39 is 11.9 Å². The quantitative estimate of drug-likeness (QED) is 0.559. The fraction of sp³-hybridized carbons (Fsp3) is 0.300. The van der Waals surface area contributed by atoms with Crippen LogP contribution in [0, 0.1) is 5.92 Å². The van der Waals surface area contributed by atoms with Gasteiger partial charge in [-0.15, -0.1) is 0 Å². The van der Waals surface area contributed by atoms with Crippen LogP contribution in [0.2, 0.25) is 0 Å². The van der Waals surface area contributed by atoms with Crippen molar-refractivity contribution in [3.05, 3.63) is 59.7 Å². The summed E-state index contributed by atoms with van der Waals surface area (Å²) in [5.74, 6) is -0.00381. The molecule has 0 saturated carbocycles. The van der Waals surface area contributed by atoms with Crippen LogP contribution in [0.15, 0.2) is 48.5 Å². The van der Waals surface area contributed by atoms with Crippen LogP contribution in [0.25, 0.3) is 0 Å². The third kappa shape index (κ3) is 5.35. The Morgan fingerprint density at radius 2 is 1.76 bits per heavy atom. The van der Waals surface area contributed by atoms with Crippen molar-refractivity contribution in [1.82, 2.24) is 0 Å². The first-order valence-electron chi connectivity index (χ1n) is 8.22. The summed E-state index contributed by atoms with van der Waals surface area (Å²) < 4.78 is 16.0. The van der Waals surface area contributed by atoms with Crippen LogP contribution in [0.1, 0.15) is 41.5 Å². The van der Waals surface area contributed by atoms with Gasteiger partial charge in [0.15, 0.2) is 0 Å². The van der Waals surface area contributed by atoms with Gasteiger partial charge in [0.05, 0.1) is 18.8 Å². The molecule has 132 valence electrons. The van der Waals surface area contributed by atoms with E-state index in [4.69, 9.17) is 14.2 Å². The highest BCUT2D eigenvalue weighted by molar-refractivity contribution is 5.94. The van der Waals surface area contributed by atoms with Gasteiger partial charge < -0.3 is 14.2 Å². The summed E-state index contributed by atoms with van der Waals surface area (Å²) in [6.07, 6.45) is 0. The Kier molecular flexibility index (Phi) is 6.57. The molecule has 0 unspecified atom stereocenters. The summed E-state index contributed by atoms with van der Waals surface area (Å²) in [6, 6.07) is 13.2. The van der Waals surface area contributed by atoms with E-state index in [0.717, 1.165) is 0 Å². The van der Waals surface area contributed by atoms with Crippen molar-refractivity contribution in [2.75, 3.05) is 13.2 Å². The number of esters is 2. The van der Waals surface area contributed by atoms with E-state index in [1.54, 1.807) is 42.5 Å². The second-order valence-electron chi connectivity index (χ2n) is 5.84. The van der Waals surface area contributed by atoms with Crippen LogP contribution in [0.4, 0.5) is 0 Å². The van der Waals surface area contributed by atoms with Crippen molar-refractivity contribution in [3.63, 3.8) is 0 Å². The summed E-state index contributed by atoms with van der Waals surface area (Å²) in [4.78, 5) is 24.4. The van der Waals surface area contributed by atoms with Crippen LogP contribution in [-0.2, 0) is 4.74 Å². The van der Waals surface area contributed by atoms with Crippen LogP contribution in [0.3, 0.4) is 0 Å². The van der Waals surface area contributed by atoms with Crippen LogP contribution >= 0.6 is 0 Å². The lowest BCUT2D eigenvalue weighted by Gasteiger charge is -2.11. The number of hydrogen-bond acceptors (Lipinski definition) is 5. The molecule has 0 fully saturated rings. The zero-order chi connectivity index (χ0) is 18.2. The molecule has 0 bridgehead atoms. The minimum absolute atomic E-state index is 0.250. The lowest BCUT2D eigenvalue weighted by Crippen LogP contribution is -2.12. The largest absolute Gasteiger partial charge is 0.493 e. The smallest absolute Gasteiger partial charge is 0.347 e. The highest BCUT2D eigenvalue weighted by Gasteiger charge is 2.16. The molecule has 0 spiro atoms. The van der Waals surface area contributed by atoms with E-state index in [0.29, 0.717) is 30.1 Å². The van der Waals surface area contributed by atoms with Crippen LogP contribution in [-0.4, -0.2) is 25.2 Å². The molecule has 5 heteroatoms. The van der Waals surface area contributed by atoms with Crippen molar-refractivity contribution in [2.24, 2.45) is 5.92 Å². The molecule has 0 aromatic heterocycles. The Morgan fingerprint density at radius 1 is 1.00 bits per heavy atom. The van der Waals surface area contributed by atoms with Crippen molar-refractivity contribution in [3.8, 4) is 11.5 Å². The molecular weight excluding hydrogens is 320 g/mol. The summed E-state index contributed by atoms with van der Waals surface area (Å²) in [7, 11) is 0. The number of carbonyl (C=O) groups excluding carboxylic acids is 2. The van der Waals surface area contributed by atoms with Gasteiger partial charge in [-0.2, -0.15) is 0 Å². The third-order valence-corrected chi connectivity index (χ3v) is 3.23. The van der Waals surface area contributed by atoms with Gasteiger partial charge >= 0.3 is 11.9 Å². The molecule has 0 heterocycles. The summed E-state index contributed by atoms with van der Waals surface area (Å²) >= 11 is 0. The van der Waals surface area contributed by atoms with Gasteiger partial charge in [0.25, 0.3) is 0 Å². The monoisotopic (exact) mass is 342 g/mol. The number of carbonyl (C=O) groups is 2. The highest BCUT2D eigenvalue weighted by atomic mass is 16.5. The highest BCUT2D eigenvalue weighted by Crippen LogP contribution is 2.21. The maximum absolute atomic E-state index is 12.4. The number of ether oxygens (including phenoxy) is 3. The van der Waals surface area contributed by atoms with Gasteiger partial charge in [-0.25, -0.2) is 9.59 Å². The fourth-order valence-electron chi connectivity index (χ4n) is 2.09. The first-order valence-corrected chi connectivity index (χ1v) is 8.22. The second kappa shape index (κ2) is 8.87. The van der Waals surface area contributed by atoms with E-state index >= 15 is 0 Å². The van der Waals surface area contributed by atoms with E-state index in [9.17, 15) is 9.59 Å². The van der Waals surface area contributed by atoms with Crippen molar-refractivity contribution >= 4 is 11.9 Å². The van der Waals surface area contributed by atoms with Gasteiger partial charge in [0.1, 0.15) is 17.1 Å². The van der Waals surface area contributed by atoms with Gasteiger partial charge in [0, 0.05) is 0 Å². The zero-order valence-electron chi connectivity index (χ0n) is 14.7. The van der Waals surface area contributed by atoms with E-state index in [-0.39, 0.29) is 11.7 Å². The molecule has 0 N–H and O–H groups in total. The molecule has 5 nitrogen and oxygen atoms in total. The van der Waals surface area contributed by atoms with Gasteiger partial charge in [-0.1, -0.05) is 32.0 Å². The fourth-order valence-corrected chi connectivity index (χ4v) is 2.09. The molecule has 25 heavy (non-hydrogen) atoms. The summed E-state index contributed by atoms with van der Waals surface area (Å²) in [5.41, 5.74) is 0.668. The number of benzene rings is 2. The zero-order valence-corrected chi connectivity index (χ0v) is 14.7. The van der Waals surface area contributed by atoms with E-state index in [1.165, 1.54) is 6.07 Å². The van der Waals surface area contributed by atoms with Gasteiger partial charge in [0.2, 0.25) is 0 Å². The lowest BCUT2D eigenvalue weighted by molar-refractivity contribution is 0.0457. The minimum Gasteiger partial charge on any atom is -0.493 e. The normalized spacial score (nSPS) is 10.4. The van der Waals surface area contributed by atoms with Crippen LogP contribution in [0.5, 0.6) is 11.5 Å². The van der Waals surface area contributed by atoms with Crippen molar-refractivity contribution in [1.29, 1.82) is 0 Å². The average molecular weight is 342 g/mol. The van der Waals surface area contributed by atoms with E-state index in [1.807, 2.05) is 20.8 Å². The molecule has 0 amide bonds. The topological polar surface area (TPSA) is 61.8 Å². The Hall–Kier alpha value is -2.82. The van der Waals surface area contributed by atoms with Gasteiger partial charge in [-0.05, 0) is 43.2 Å². The molecule has 2 aromatic carbocycles. The Labute approximate surface area is 147 Å². The SMILES string of the molecule is CCOc1ccccc1C(=O)Oc1cccc(C(=O)OCC(C)C)c1. The minimum atomic E-state index is -0.545. The molecule has 0 radical (unpaired) electrons. The lowest BCUT2D eigenvalue weighted by atomic mass is 10.2. The molecule has 0 saturated heterocycles. The predicted octanol–water partition coefficient (Wildman–Crippen LogP) is 4.12. The van der Waals surface area contributed by atoms with Gasteiger partial charge in [-0.3, -0.25) is 0 Å². The van der Waals surface area contributed by atoms with E-state index in [2.05, 4.69) is 0 Å². The Balaban J connectivity index is 2.11. The molecule has 0 aliphatic rings. The number of rotatable bonds is 7. The molecule has 0 aliphatic carbocycles. The Bertz CT molecular complexity index is 736. The first kappa shape index (κ1) is 18.5. The average Bonchev–Trinajstić information content (AvgIpc) is 2.60. The van der Waals surface area contributed by atoms with Crippen LogP contribution < -0.4 is 9.47 Å². The second-order valence-corrected chi connectivity index (χ2v) is 5.84. The Morgan fingerprint density at radius 3 is 2.48 bits per heavy atom. The van der Waals surface area contributed by atoms with Crippen molar-refractivity contribution in [2.45, 2.75) is 20.8 Å².